The highest BCUT2D eigenvalue weighted by atomic mass is 16.5. The van der Waals surface area contributed by atoms with Crippen LogP contribution in [0.15, 0.2) is 24.5 Å². The highest BCUT2D eigenvalue weighted by molar-refractivity contribution is 5.32. The SMILES string of the molecule is CCNC(c1cncc(OCC)c1)c1cc(C)nn1CC. The molecule has 2 heterocycles. The summed E-state index contributed by atoms with van der Waals surface area (Å²) in [5.74, 6) is 0.803. The molecule has 1 N–H and O–H groups in total. The summed E-state index contributed by atoms with van der Waals surface area (Å²) in [6, 6.07) is 4.25. The van der Waals surface area contributed by atoms with E-state index in [4.69, 9.17) is 4.74 Å². The van der Waals surface area contributed by atoms with E-state index in [1.165, 1.54) is 0 Å². The molecule has 5 heteroatoms. The van der Waals surface area contributed by atoms with Crippen LogP contribution in [0.3, 0.4) is 0 Å². The molecule has 1 atom stereocenters. The van der Waals surface area contributed by atoms with Crippen molar-refractivity contribution in [1.29, 1.82) is 0 Å². The average Bonchev–Trinajstić information content (AvgIpc) is 2.86. The van der Waals surface area contributed by atoms with Crippen LogP contribution in [0.5, 0.6) is 5.75 Å². The van der Waals surface area contributed by atoms with Crippen LogP contribution in [0.1, 0.15) is 43.8 Å². The minimum absolute atomic E-state index is 0.0732. The first kappa shape index (κ1) is 15.5. The minimum Gasteiger partial charge on any atom is -0.492 e. The Hall–Kier alpha value is -1.88. The Balaban J connectivity index is 2.40. The zero-order valence-corrected chi connectivity index (χ0v) is 13.3. The van der Waals surface area contributed by atoms with Gasteiger partial charge < -0.3 is 10.1 Å². The molecule has 114 valence electrons. The van der Waals surface area contributed by atoms with Gasteiger partial charge in [-0.3, -0.25) is 9.67 Å². The van der Waals surface area contributed by atoms with E-state index >= 15 is 0 Å². The van der Waals surface area contributed by atoms with E-state index in [-0.39, 0.29) is 6.04 Å². The molecule has 0 bridgehead atoms. The molecule has 0 aliphatic rings. The van der Waals surface area contributed by atoms with Gasteiger partial charge in [0.2, 0.25) is 0 Å². The maximum atomic E-state index is 5.56. The topological polar surface area (TPSA) is 52.0 Å². The Morgan fingerprint density at radius 2 is 2.05 bits per heavy atom. The van der Waals surface area contributed by atoms with E-state index < -0.39 is 0 Å². The van der Waals surface area contributed by atoms with Gasteiger partial charge in [0.15, 0.2) is 0 Å². The maximum absolute atomic E-state index is 5.56. The normalized spacial score (nSPS) is 12.4. The van der Waals surface area contributed by atoms with Crippen molar-refractivity contribution in [3.8, 4) is 5.75 Å². The Morgan fingerprint density at radius 1 is 1.24 bits per heavy atom. The summed E-state index contributed by atoms with van der Waals surface area (Å²) in [6.45, 7) is 10.6. The summed E-state index contributed by atoms with van der Waals surface area (Å²) in [4.78, 5) is 4.30. The lowest BCUT2D eigenvalue weighted by Crippen LogP contribution is -2.25. The summed E-state index contributed by atoms with van der Waals surface area (Å²) in [5.41, 5.74) is 3.29. The highest BCUT2D eigenvalue weighted by Crippen LogP contribution is 2.25. The monoisotopic (exact) mass is 288 g/mol. The van der Waals surface area contributed by atoms with Gasteiger partial charge in [0.05, 0.1) is 30.2 Å². The number of nitrogens with zero attached hydrogens (tertiary/aromatic N) is 3. The van der Waals surface area contributed by atoms with Gasteiger partial charge in [-0.1, -0.05) is 6.92 Å². The molecule has 0 amide bonds. The lowest BCUT2D eigenvalue weighted by Gasteiger charge is -2.19. The molecule has 0 aliphatic heterocycles. The van der Waals surface area contributed by atoms with Gasteiger partial charge in [0.25, 0.3) is 0 Å². The van der Waals surface area contributed by atoms with Crippen molar-refractivity contribution in [3.63, 3.8) is 0 Å². The number of aromatic nitrogens is 3. The molecule has 0 saturated carbocycles. The molecule has 2 rings (SSSR count). The van der Waals surface area contributed by atoms with Crippen molar-refractivity contribution in [1.82, 2.24) is 20.1 Å². The molecule has 0 fully saturated rings. The number of ether oxygens (including phenoxy) is 1. The maximum Gasteiger partial charge on any atom is 0.137 e. The summed E-state index contributed by atoms with van der Waals surface area (Å²) in [6.07, 6.45) is 3.64. The predicted molar refractivity (Wildman–Crippen MR) is 83.6 cm³/mol. The molecule has 2 aromatic heterocycles. The Labute approximate surface area is 126 Å². The number of pyridine rings is 1. The zero-order valence-electron chi connectivity index (χ0n) is 13.3. The summed E-state index contributed by atoms with van der Waals surface area (Å²) < 4.78 is 7.60. The Bertz CT molecular complexity index is 579. The third-order valence-corrected chi connectivity index (χ3v) is 3.32. The van der Waals surface area contributed by atoms with Crippen molar-refractivity contribution in [2.45, 2.75) is 40.3 Å². The van der Waals surface area contributed by atoms with Gasteiger partial charge in [0, 0.05) is 12.7 Å². The molecular formula is C16H24N4O. The third-order valence-electron chi connectivity index (χ3n) is 3.32. The summed E-state index contributed by atoms with van der Waals surface area (Å²) in [7, 11) is 0. The molecule has 21 heavy (non-hydrogen) atoms. The Kier molecular flexibility index (Phi) is 5.33. The first-order valence-electron chi connectivity index (χ1n) is 7.55. The summed E-state index contributed by atoms with van der Waals surface area (Å²) >= 11 is 0. The Morgan fingerprint density at radius 3 is 2.71 bits per heavy atom. The minimum atomic E-state index is 0.0732. The number of aryl methyl sites for hydroxylation is 2. The first-order valence-corrected chi connectivity index (χ1v) is 7.55. The van der Waals surface area contributed by atoms with Crippen LogP contribution in [0, 0.1) is 6.92 Å². The fraction of sp³-hybridized carbons (Fsp3) is 0.500. The number of nitrogens with one attached hydrogen (secondary N) is 1. The van der Waals surface area contributed by atoms with Gasteiger partial charge in [-0.2, -0.15) is 5.10 Å². The molecule has 0 radical (unpaired) electrons. The smallest absolute Gasteiger partial charge is 0.137 e. The number of rotatable bonds is 7. The molecule has 0 spiro atoms. The van der Waals surface area contributed by atoms with Crippen LogP contribution in [0.2, 0.25) is 0 Å². The van der Waals surface area contributed by atoms with Crippen molar-refractivity contribution >= 4 is 0 Å². The van der Waals surface area contributed by atoms with Crippen LogP contribution in [0.25, 0.3) is 0 Å². The fourth-order valence-corrected chi connectivity index (χ4v) is 2.49. The summed E-state index contributed by atoms with van der Waals surface area (Å²) in [5, 5.41) is 8.06. The predicted octanol–water partition coefficient (Wildman–Crippen LogP) is 2.70. The van der Waals surface area contributed by atoms with Crippen molar-refractivity contribution in [3.05, 3.63) is 41.5 Å². The highest BCUT2D eigenvalue weighted by Gasteiger charge is 2.19. The van der Waals surface area contributed by atoms with Gasteiger partial charge in [-0.05, 0) is 45.0 Å². The lowest BCUT2D eigenvalue weighted by molar-refractivity contribution is 0.338. The van der Waals surface area contributed by atoms with Crippen LogP contribution < -0.4 is 10.1 Å². The molecule has 0 saturated heterocycles. The van der Waals surface area contributed by atoms with Crippen molar-refractivity contribution < 1.29 is 4.74 Å². The van der Waals surface area contributed by atoms with Gasteiger partial charge >= 0.3 is 0 Å². The van der Waals surface area contributed by atoms with Crippen molar-refractivity contribution in [2.75, 3.05) is 13.2 Å². The van der Waals surface area contributed by atoms with E-state index in [2.05, 4.69) is 35.3 Å². The van der Waals surface area contributed by atoms with Gasteiger partial charge in [-0.25, -0.2) is 0 Å². The van der Waals surface area contributed by atoms with E-state index in [0.717, 1.165) is 35.8 Å². The van der Waals surface area contributed by atoms with Crippen LogP contribution in [0.4, 0.5) is 0 Å². The lowest BCUT2D eigenvalue weighted by atomic mass is 10.0. The quantitative estimate of drug-likeness (QED) is 0.851. The van der Waals surface area contributed by atoms with E-state index in [0.29, 0.717) is 6.61 Å². The zero-order chi connectivity index (χ0) is 15.2. The molecule has 2 aromatic rings. The second-order valence-corrected chi connectivity index (χ2v) is 4.90. The molecular weight excluding hydrogens is 264 g/mol. The standard InChI is InChI=1S/C16H24N4O/c1-5-18-16(15-8-12(4)19-20(15)6-2)13-9-14(21-7-3)11-17-10-13/h8-11,16,18H,5-7H2,1-4H3. The second-order valence-electron chi connectivity index (χ2n) is 4.90. The van der Waals surface area contributed by atoms with E-state index in [1.807, 2.05) is 30.8 Å². The molecule has 0 aliphatic carbocycles. The number of hydrogen-bond donors (Lipinski definition) is 1. The molecule has 1 unspecified atom stereocenters. The van der Waals surface area contributed by atoms with Crippen LogP contribution in [-0.4, -0.2) is 27.9 Å². The van der Waals surface area contributed by atoms with Gasteiger partial charge in [-0.15, -0.1) is 0 Å². The van der Waals surface area contributed by atoms with E-state index in [1.54, 1.807) is 6.20 Å². The number of hydrogen-bond acceptors (Lipinski definition) is 4. The fourth-order valence-electron chi connectivity index (χ4n) is 2.49. The van der Waals surface area contributed by atoms with Gasteiger partial charge in [0.1, 0.15) is 5.75 Å². The van der Waals surface area contributed by atoms with Crippen molar-refractivity contribution in [2.24, 2.45) is 0 Å². The largest absolute Gasteiger partial charge is 0.492 e. The first-order chi connectivity index (χ1) is 10.2. The van der Waals surface area contributed by atoms with Crippen LogP contribution in [-0.2, 0) is 6.54 Å². The average molecular weight is 288 g/mol. The third kappa shape index (κ3) is 3.61. The van der Waals surface area contributed by atoms with Crippen LogP contribution >= 0.6 is 0 Å². The molecule has 5 nitrogen and oxygen atoms in total. The second kappa shape index (κ2) is 7.22. The molecule has 0 aromatic carbocycles. The van der Waals surface area contributed by atoms with E-state index in [9.17, 15) is 0 Å².